The van der Waals surface area contributed by atoms with E-state index in [0.717, 1.165) is 11.1 Å². The van der Waals surface area contributed by atoms with Crippen molar-refractivity contribution in [1.82, 2.24) is 9.61 Å². The van der Waals surface area contributed by atoms with E-state index < -0.39 is 0 Å². The standard InChI is InChI=1S/C8H9N3/c9-5-7-6-10-11-4-2-1-3-8(7)11/h1-4,6H,5,9H2. The molecule has 2 aromatic heterocycles. The molecule has 2 aromatic rings. The summed E-state index contributed by atoms with van der Waals surface area (Å²) in [6, 6.07) is 5.94. The Hall–Kier alpha value is -1.35. The summed E-state index contributed by atoms with van der Waals surface area (Å²) >= 11 is 0. The molecule has 0 aliphatic heterocycles. The van der Waals surface area contributed by atoms with Gasteiger partial charge < -0.3 is 5.73 Å². The first-order valence-electron chi connectivity index (χ1n) is 3.53. The van der Waals surface area contributed by atoms with Gasteiger partial charge in [0.2, 0.25) is 0 Å². The lowest BCUT2D eigenvalue weighted by Gasteiger charge is -1.92. The van der Waals surface area contributed by atoms with Crippen LogP contribution in [0.2, 0.25) is 0 Å². The van der Waals surface area contributed by atoms with Crippen LogP contribution < -0.4 is 5.73 Å². The molecule has 56 valence electrons. The lowest BCUT2D eigenvalue weighted by molar-refractivity contribution is 0.961. The van der Waals surface area contributed by atoms with Gasteiger partial charge in [-0.05, 0) is 12.1 Å². The minimum atomic E-state index is 0.549. The number of nitrogens with two attached hydrogens (primary N) is 1. The summed E-state index contributed by atoms with van der Waals surface area (Å²) in [5, 5.41) is 4.13. The molecule has 3 heteroatoms. The SMILES string of the molecule is NCc1cnn2ccccc12. The van der Waals surface area contributed by atoms with Crippen LogP contribution in [0.3, 0.4) is 0 Å². The molecule has 0 aliphatic rings. The van der Waals surface area contributed by atoms with Crippen LogP contribution in [0.5, 0.6) is 0 Å². The van der Waals surface area contributed by atoms with E-state index in [1.165, 1.54) is 0 Å². The van der Waals surface area contributed by atoms with E-state index in [-0.39, 0.29) is 0 Å². The molecule has 0 unspecified atom stereocenters. The average Bonchev–Trinajstić information content (AvgIpc) is 2.47. The van der Waals surface area contributed by atoms with Gasteiger partial charge in [0.1, 0.15) is 0 Å². The van der Waals surface area contributed by atoms with Gasteiger partial charge in [-0.25, -0.2) is 4.52 Å². The molecule has 0 fully saturated rings. The van der Waals surface area contributed by atoms with Gasteiger partial charge in [-0.15, -0.1) is 0 Å². The Morgan fingerprint density at radius 1 is 1.45 bits per heavy atom. The van der Waals surface area contributed by atoms with E-state index in [9.17, 15) is 0 Å². The highest BCUT2D eigenvalue weighted by Gasteiger charge is 1.98. The van der Waals surface area contributed by atoms with Crippen molar-refractivity contribution < 1.29 is 0 Å². The first-order chi connectivity index (χ1) is 5.42. The van der Waals surface area contributed by atoms with Crippen LogP contribution in [0.1, 0.15) is 5.56 Å². The fourth-order valence-corrected chi connectivity index (χ4v) is 1.14. The van der Waals surface area contributed by atoms with E-state index >= 15 is 0 Å². The zero-order valence-electron chi connectivity index (χ0n) is 6.07. The van der Waals surface area contributed by atoms with Gasteiger partial charge in [0.25, 0.3) is 0 Å². The van der Waals surface area contributed by atoms with Crippen LogP contribution in [0.15, 0.2) is 30.6 Å². The Labute approximate surface area is 64.4 Å². The lowest BCUT2D eigenvalue weighted by atomic mass is 10.3. The van der Waals surface area contributed by atoms with Crippen molar-refractivity contribution in [1.29, 1.82) is 0 Å². The predicted octanol–water partition coefficient (Wildman–Crippen LogP) is 0.793. The Kier molecular flexibility index (Phi) is 1.36. The molecule has 11 heavy (non-hydrogen) atoms. The molecule has 0 amide bonds. The summed E-state index contributed by atoms with van der Waals surface area (Å²) in [7, 11) is 0. The molecule has 3 nitrogen and oxygen atoms in total. The van der Waals surface area contributed by atoms with Crippen LogP contribution in [0.4, 0.5) is 0 Å². The maximum Gasteiger partial charge on any atom is 0.0706 e. The summed E-state index contributed by atoms with van der Waals surface area (Å²) in [5.41, 5.74) is 7.69. The fraction of sp³-hybridized carbons (Fsp3) is 0.125. The minimum Gasteiger partial charge on any atom is -0.326 e. The number of fused-ring (bicyclic) bond motifs is 1. The fourth-order valence-electron chi connectivity index (χ4n) is 1.14. The highest BCUT2D eigenvalue weighted by Crippen LogP contribution is 2.07. The van der Waals surface area contributed by atoms with Gasteiger partial charge in [-0.1, -0.05) is 6.07 Å². The molecule has 2 N–H and O–H groups in total. The molecule has 2 rings (SSSR count). The molecule has 0 saturated heterocycles. The second-order valence-corrected chi connectivity index (χ2v) is 2.40. The van der Waals surface area contributed by atoms with Crippen LogP contribution in [0, 0.1) is 0 Å². The van der Waals surface area contributed by atoms with Crippen LogP contribution >= 0.6 is 0 Å². The smallest absolute Gasteiger partial charge is 0.0706 e. The van der Waals surface area contributed by atoms with Gasteiger partial charge in [0.05, 0.1) is 11.7 Å². The first-order valence-corrected chi connectivity index (χ1v) is 3.53. The number of pyridine rings is 1. The first kappa shape index (κ1) is 6.37. The van der Waals surface area contributed by atoms with Crippen molar-refractivity contribution in [2.75, 3.05) is 0 Å². The van der Waals surface area contributed by atoms with Crippen molar-refractivity contribution >= 4 is 5.52 Å². The number of aromatic nitrogens is 2. The van der Waals surface area contributed by atoms with Crippen molar-refractivity contribution in [2.24, 2.45) is 5.73 Å². The number of rotatable bonds is 1. The molecule has 2 heterocycles. The zero-order valence-corrected chi connectivity index (χ0v) is 6.07. The Bertz CT molecular complexity index is 364. The monoisotopic (exact) mass is 147 g/mol. The Balaban J connectivity index is 2.76. The molecule has 0 spiro atoms. The largest absolute Gasteiger partial charge is 0.326 e. The third-order valence-electron chi connectivity index (χ3n) is 1.73. The number of hydrogen-bond acceptors (Lipinski definition) is 2. The van der Waals surface area contributed by atoms with E-state index in [2.05, 4.69) is 5.10 Å². The van der Waals surface area contributed by atoms with Crippen LogP contribution in [-0.2, 0) is 6.54 Å². The second kappa shape index (κ2) is 2.36. The van der Waals surface area contributed by atoms with E-state index in [1.807, 2.05) is 28.9 Å². The van der Waals surface area contributed by atoms with E-state index in [0.29, 0.717) is 6.54 Å². The van der Waals surface area contributed by atoms with Gasteiger partial charge in [-0.2, -0.15) is 5.10 Å². The predicted molar refractivity (Wildman–Crippen MR) is 43.1 cm³/mol. The van der Waals surface area contributed by atoms with Crippen molar-refractivity contribution in [3.8, 4) is 0 Å². The van der Waals surface area contributed by atoms with E-state index in [1.54, 1.807) is 6.20 Å². The molecule has 0 radical (unpaired) electrons. The number of nitrogens with zero attached hydrogens (tertiary/aromatic N) is 2. The van der Waals surface area contributed by atoms with Crippen molar-refractivity contribution in [3.05, 3.63) is 36.2 Å². The number of hydrogen-bond donors (Lipinski definition) is 1. The lowest BCUT2D eigenvalue weighted by Crippen LogP contribution is -1.94. The quantitative estimate of drug-likeness (QED) is 0.648. The Morgan fingerprint density at radius 2 is 2.36 bits per heavy atom. The van der Waals surface area contributed by atoms with Gasteiger partial charge in [0.15, 0.2) is 0 Å². The average molecular weight is 147 g/mol. The topological polar surface area (TPSA) is 43.3 Å². The van der Waals surface area contributed by atoms with Crippen molar-refractivity contribution in [3.63, 3.8) is 0 Å². The van der Waals surface area contributed by atoms with Gasteiger partial charge in [-0.3, -0.25) is 0 Å². The summed E-state index contributed by atoms with van der Waals surface area (Å²) in [6.45, 7) is 0.549. The zero-order chi connectivity index (χ0) is 7.68. The summed E-state index contributed by atoms with van der Waals surface area (Å²) in [5.74, 6) is 0. The maximum absolute atomic E-state index is 5.51. The third kappa shape index (κ3) is 0.897. The third-order valence-corrected chi connectivity index (χ3v) is 1.73. The van der Waals surface area contributed by atoms with Crippen LogP contribution in [-0.4, -0.2) is 9.61 Å². The summed E-state index contributed by atoms with van der Waals surface area (Å²) in [6.07, 6.45) is 3.71. The molecule has 0 saturated carbocycles. The van der Waals surface area contributed by atoms with Crippen LogP contribution in [0.25, 0.3) is 5.52 Å². The molecule has 0 atom stereocenters. The maximum atomic E-state index is 5.51. The normalized spacial score (nSPS) is 10.6. The highest BCUT2D eigenvalue weighted by atomic mass is 15.2. The summed E-state index contributed by atoms with van der Waals surface area (Å²) < 4.78 is 1.82. The molecular formula is C8H9N3. The molecule has 0 aromatic carbocycles. The Morgan fingerprint density at radius 3 is 3.18 bits per heavy atom. The summed E-state index contributed by atoms with van der Waals surface area (Å²) in [4.78, 5) is 0. The van der Waals surface area contributed by atoms with Crippen molar-refractivity contribution in [2.45, 2.75) is 6.54 Å². The van der Waals surface area contributed by atoms with E-state index in [4.69, 9.17) is 5.73 Å². The highest BCUT2D eigenvalue weighted by molar-refractivity contribution is 5.52. The van der Waals surface area contributed by atoms with Gasteiger partial charge >= 0.3 is 0 Å². The minimum absolute atomic E-state index is 0.549. The molecule has 0 bridgehead atoms. The second-order valence-electron chi connectivity index (χ2n) is 2.40. The molecule has 0 aliphatic carbocycles. The molecular weight excluding hydrogens is 138 g/mol. The van der Waals surface area contributed by atoms with Gasteiger partial charge in [0, 0.05) is 18.3 Å².